The average Bonchev–Trinajstić information content (AvgIpc) is 3.42. The lowest BCUT2D eigenvalue weighted by molar-refractivity contribution is -0.143. The molecular formula is C32H52N4O6. The molecule has 1 heterocycles. The third-order valence-corrected chi connectivity index (χ3v) is 9.96. The maximum Gasteiger partial charge on any atom is 0.408 e. The van der Waals surface area contributed by atoms with E-state index in [1.54, 1.807) is 25.7 Å². The smallest absolute Gasteiger partial charge is 0.408 e. The Bertz CT molecular complexity index is 1070. The molecule has 4 amide bonds. The molecule has 236 valence electrons. The van der Waals surface area contributed by atoms with Crippen molar-refractivity contribution in [3.05, 3.63) is 0 Å². The van der Waals surface area contributed by atoms with Crippen molar-refractivity contribution in [3.8, 4) is 0 Å². The van der Waals surface area contributed by atoms with Gasteiger partial charge in [-0.25, -0.2) is 4.79 Å². The second-order valence-electron chi connectivity index (χ2n) is 15.5. The Labute approximate surface area is 250 Å². The quantitative estimate of drug-likeness (QED) is 0.349. The van der Waals surface area contributed by atoms with E-state index in [0.29, 0.717) is 31.2 Å². The van der Waals surface area contributed by atoms with Crippen LogP contribution in [0.5, 0.6) is 0 Å². The zero-order valence-electron chi connectivity index (χ0n) is 26.4. The van der Waals surface area contributed by atoms with Gasteiger partial charge in [0.1, 0.15) is 17.7 Å². The van der Waals surface area contributed by atoms with Gasteiger partial charge < -0.3 is 26.0 Å². The molecule has 1 aliphatic heterocycles. The zero-order chi connectivity index (χ0) is 31.0. The molecule has 10 nitrogen and oxygen atoms in total. The summed E-state index contributed by atoms with van der Waals surface area (Å²) in [6.45, 7) is 11.3. The predicted octanol–water partition coefficient (Wildman–Crippen LogP) is 3.84. The molecule has 4 rings (SSSR count). The van der Waals surface area contributed by atoms with E-state index in [1.807, 2.05) is 20.8 Å². The van der Waals surface area contributed by atoms with E-state index in [4.69, 9.17) is 10.5 Å². The first-order chi connectivity index (χ1) is 19.5. The monoisotopic (exact) mass is 588 g/mol. The number of nitrogens with zero attached hydrogens (tertiary/aromatic N) is 1. The van der Waals surface area contributed by atoms with Crippen molar-refractivity contribution in [1.82, 2.24) is 15.5 Å². The van der Waals surface area contributed by atoms with Gasteiger partial charge in [-0.3, -0.25) is 19.2 Å². The van der Waals surface area contributed by atoms with Gasteiger partial charge in [0.05, 0.1) is 6.04 Å². The van der Waals surface area contributed by atoms with Crippen LogP contribution in [0.4, 0.5) is 4.79 Å². The number of primary amides is 1. The molecule has 1 spiro atoms. The molecular weight excluding hydrogens is 536 g/mol. The summed E-state index contributed by atoms with van der Waals surface area (Å²) in [5.74, 6) is -1.33. The molecule has 0 radical (unpaired) electrons. The van der Waals surface area contributed by atoms with Crippen molar-refractivity contribution in [2.75, 3.05) is 6.54 Å². The van der Waals surface area contributed by atoms with Gasteiger partial charge in [-0.2, -0.15) is 0 Å². The summed E-state index contributed by atoms with van der Waals surface area (Å²) < 4.78 is 5.47. The normalized spacial score (nSPS) is 28.0. The first-order valence-corrected chi connectivity index (χ1v) is 15.9. The van der Waals surface area contributed by atoms with E-state index in [0.717, 1.165) is 25.7 Å². The highest BCUT2D eigenvalue weighted by atomic mass is 16.6. The lowest BCUT2D eigenvalue weighted by atomic mass is 9.80. The standard InChI is InChI=1S/C32H52N4O6/c1-30(2,3)25(35-29(41)42-31(4,5)6)28(40)36-18-32(16-21(32)20-13-8-7-9-14-20)17-23(36)27(39)34-22(24(37)26(33)38)15-19-11-10-12-19/h19-23,25H,7-18H2,1-6H3,(H2,33,38)(H,34,39)(H,35,41)/t21-,22?,23?,25-,32+/m1/s1. The van der Waals surface area contributed by atoms with Crippen LogP contribution in [-0.4, -0.2) is 64.8 Å². The predicted molar refractivity (Wildman–Crippen MR) is 158 cm³/mol. The van der Waals surface area contributed by atoms with Crippen molar-refractivity contribution in [3.63, 3.8) is 0 Å². The summed E-state index contributed by atoms with van der Waals surface area (Å²) in [6.07, 6.45) is 10.2. The second kappa shape index (κ2) is 12.2. The molecule has 42 heavy (non-hydrogen) atoms. The van der Waals surface area contributed by atoms with E-state index in [1.165, 1.54) is 32.1 Å². The summed E-state index contributed by atoms with van der Waals surface area (Å²) in [7, 11) is 0. The molecule has 0 bridgehead atoms. The molecule has 5 atom stereocenters. The third-order valence-electron chi connectivity index (χ3n) is 9.96. The number of rotatable bonds is 9. The van der Waals surface area contributed by atoms with Gasteiger partial charge >= 0.3 is 6.09 Å². The minimum atomic E-state index is -1.07. The Morgan fingerprint density at radius 3 is 2.07 bits per heavy atom. The minimum Gasteiger partial charge on any atom is -0.444 e. The summed E-state index contributed by atoms with van der Waals surface area (Å²) in [4.78, 5) is 67.2. The Morgan fingerprint density at radius 2 is 1.55 bits per heavy atom. The van der Waals surface area contributed by atoms with Gasteiger partial charge in [0.25, 0.3) is 5.91 Å². The highest BCUT2D eigenvalue weighted by Crippen LogP contribution is 2.65. The van der Waals surface area contributed by atoms with E-state index < -0.39 is 52.8 Å². The number of Topliss-reactive ketones (excluding diaryl/α,β-unsaturated/α-hetero) is 1. The van der Waals surface area contributed by atoms with Crippen molar-refractivity contribution in [2.45, 2.75) is 136 Å². The van der Waals surface area contributed by atoms with Crippen LogP contribution in [0.1, 0.15) is 112 Å². The van der Waals surface area contributed by atoms with Gasteiger partial charge in [0.2, 0.25) is 17.6 Å². The average molecular weight is 589 g/mol. The topological polar surface area (TPSA) is 148 Å². The van der Waals surface area contributed by atoms with Crippen molar-refractivity contribution >= 4 is 29.6 Å². The van der Waals surface area contributed by atoms with Crippen LogP contribution in [0.15, 0.2) is 0 Å². The van der Waals surface area contributed by atoms with Gasteiger partial charge in [-0.05, 0) is 68.6 Å². The number of amides is 4. The summed E-state index contributed by atoms with van der Waals surface area (Å²) in [6, 6.07) is -2.73. The number of nitrogens with two attached hydrogens (primary N) is 1. The van der Waals surface area contributed by atoms with Crippen LogP contribution >= 0.6 is 0 Å². The lowest BCUT2D eigenvalue weighted by Crippen LogP contribution is -2.59. The molecule has 3 aliphatic carbocycles. The van der Waals surface area contributed by atoms with Gasteiger partial charge in [-0.15, -0.1) is 0 Å². The summed E-state index contributed by atoms with van der Waals surface area (Å²) in [5.41, 5.74) is 3.81. The molecule has 3 saturated carbocycles. The van der Waals surface area contributed by atoms with Crippen LogP contribution in [-0.2, 0) is 23.9 Å². The van der Waals surface area contributed by atoms with Crippen LogP contribution in [0.2, 0.25) is 0 Å². The fourth-order valence-electron chi connectivity index (χ4n) is 7.45. The van der Waals surface area contributed by atoms with E-state index in [9.17, 15) is 24.0 Å². The first kappa shape index (κ1) is 32.3. The van der Waals surface area contributed by atoms with Crippen molar-refractivity contribution in [2.24, 2.45) is 34.3 Å². The molecule has 1 saturated heterocycles. The fraction of sp³-hybridized carbons (Fsp3) is 0.844. The van der Waals surface area contributed by atoms with Crippen LogP contribution in [0.3, 0.4) is 0 Å². The highest BCUT2D eigenvalue weighted by Gasteiger charge is 2.64. The molecule has 4 aliphatic rings. The first-order valence-electron chi connectivity index (χ1n) is 15.9. The highest BCUT2D eigenvalue weighted by molar-refractivity contribution is 6.37. The largest absolute Gasteiger partial charge is 0.444 e. The van der Waals surface area contributed by atoms with E-state index in [2.05, 4.69) is 10.6 Å². The van der Waals surface area contributed by atoms with Crippen molar-refractivity contribution < 1.29 is 28.7 Å². The number of carbonyl (C=O) groups is 5. The number of likely N-dealkylation sites (tertiary alicyclic amines) is 1. The number of carbonyl (C=O) groups excluding carboxylic acids is 5. The maximum absolute atomic E-state index is 14.3. The van der Waals surface area contributed by atoms with Crippen LogP contribution < -0.4 is 16.4 Å². The Kier molecular flexibility index (Phi) is 9.34. The molecule has 0 aromatic rings. The van der Waals surface area contributed by atoms with Crippen molar-refractivity contribution in [1.29, 1.82) is 0 Å². The molecule has 2 unspecified atom stereocenters. The number of ketones is 1. The number of hydrogen-bond acceptors (Lipinski definition) is 6. The summed E-state index contributed by atoms with van der Waals surface area (Å²) in [5, 5.41) is 5.63. The molecule has 0 aromatic carbocycles. The second-order valence-corrected chi connectivity index (χ2v) is 15.5. The van der Waals surface area contributed by atoms with E-state index in [-0.39, 0.29) is 17.2 Å². The molecule has 0 aromatic heterocycles. The molecule has 10 heteroatoms. The summed E-state index contributed by atoms with van der Waals surface area (Å²) >= 11 is 0. The SMILES string of the molecule is CC(C)(C)OC(=O)N[C@H](C(=O)N1C[C@@]2(CC1C(=O)NC(CC1CCC1)C(=O)C(N)=O)C[C@@H]2C1CCCCC1)C(C)(C)C. The Hall–Kier alpha value is -2.65. The van der Waals surface area contributed by atoms with E-state index >= 15 is 0 Å². The lowest BCUT2D eigenvalue weighted by Gasteiger charge is -2.36. The number of alkyl carbamates (subject to hydrolysis) is 1. The maximum atomic E-state index is 14.3. The van der Waals surface area contributed by atoms with Gasteiger partial charge in [0.15, 0.2) is 0 Å². The minimum absolute atomic E-state index is 0.148. The fourth-order valence-corrected chi connectivity index (χ4v) is 7.45. The Morgan fingerprint density at radius 1 is 0.905 bits per heavy atom. The van der Waals surface area contributed by atoms with Crippen LogP contribution in [0, 0.1) is 28.6 Å². The number of nitrogens with one attached hydrogen (secondary N) is 2. The number of ether oxygens (including phenoxy) is 1. The van der Waals surface area contributed by atoms with Crippen LogP contribution in [0.25, 0.3) is 0 Å². The van der Waals surface area contributed by atoms with Gasteiger partial charge in [-0.1, -0.05) is 72.1 Å². The zero-order valence-corrected chi connectivity index (χ0v) is 26.4. The third kappa shape index (κ3) is 7.46. The number of hydrogen-bond donors (Lipinski definition) is 3. The Balaban J connectivity index is 1.58. The molecule has 4 N–H and O–H groups in total. The molecule has 4 fully saturated rings. The van der Waals surface area contributed by atoms with Gasteiger partial charge in [0, 0.05) is 6.54 Å².